The van der Waals surface area contributed by atoms with Crippen molar-refractivity contribution < 1.29 is 14.6 Å². The van der Waals surface area contributed by atoms with Crippen LogP contribution in [0.15, 0.2) is 74.6 Å². The first-order valence-electron chi connectivity index (χ1n) is 10.4. The van der Waals surface area contributed by atoms with Crippen LogP contribution in [0.25, 0.3) is 0 Å². The molecule has 0 saturated carbocycles. The van der Waals surface area contributed by atoms with Gasteiger partial charge in [-0.25, -0.2) is 0 Å². The topological polar surface area (TPSA) is 63.1 Å². The van der Waals surface area contributed by atoms with Crippen molar-refractivity contribution in [2.45, 2.75) is 25.6 Å². The number of nitrogens with zero attached hydrogens (tertiary/aromatic N) is 1. The monoisotopic (exact) mass is 558 g/mol. The van der Waals surface area contributed by atoms with Crippen LogP contribution in [0.5, 0.6) is 17.2 Å². The van der Waals surface area contributed by atoms with Crippen LogP contribution in [0.1, 0.15) is 42.2 Å². The number of benzene rings is 3. The molecule has 0 fully saturated rings. The molecule has 0 saturated heterocycles. The van der Waals surface area contributed by atoms with E-state index in [0.717, 1.165) is 42.8 Å². The highest BCUT2D eigenvalue weighted by Gasteiger charge is 2.29. The number of phenols is 1. The molecule has 166 valence electrons. The maximum atomic E-state index is 10.6. The summed E-state index contributed by atoms with van der Waals surface area (Å²) in [5.74, 6) is 1.83. The number of halogens is 2. The Kier molecular flexibility index (Phi) is 7.18. The first-order chi connectivity index (χ1) is 15.5. The summed E-state index contributed by atoms with van der Waals surface area (Å²) in [5, 5.41) is 14.2. The van der Waals surface area contributed by atoms with E-state index in [4.69, 9.17) is 14.5 Å². The largest absolute Gasteiger partial charge is 0.508 e. The second-order valence-corrected chi connectivity index (χ2v) is 9.28. The summed E-state index contributed by atoms with van der Waals surface area (Å²) in [6, 6.07) is 19.2. The number of ether oxygens (including phenoxy) is 2. The molecule has 0 aliphatic carbocycles. The number of aliphatic imine (C=N–C) groups is 1. The Morgan fingerprint density at radius 1 is 1.00 bits per heavy atom. The fraction of sp³-hybridized carbons (Fsp3) is 0.240. The van der Waals surface area contributed by atoms with Gasteiger partial charge < -0.3 is 14.6 Å². The lowest BCUT2D eigenvalue weighted by molar-refractivity contribution is 0.340. The number of methoxy groups -OCH3 is 1. The molecule has 1 heterocycles. The molecule has 5 nitrogen and oxygen atoms in total. The molecule has 1 aliphatic heterocycles. The molecule has 3 aromatic rings. The summed E-state index contributed by atoms with van der Waals surface area (Å²) in [6.07, 6.45) is 0.284. The third-order valence-corrected chi connectivity index (χ3v) is 6.38. The van der Waals surface area contributed by atoms with E-state index in [9.17, 15) is 5.11 Å². The van der Waals surface area contributed by atoms with Gasteiger partial charge in [-0.15, -0.1) is 0 Å². The molecule has 3 aromatic carbocycles. The third kappa shape index (κ3) is 5.00. The van der Waals surface area contributed by atoms with Crippen molar-refractivity contribution in [1.82, 2.24) is 5.32 Å². The zero-order valence-electron chi connectivity index (χ0n) is 17.8. The van der Waals surface area contributed by atoms with Gasteiger partial charge in [0, 0.05) is 38.2 Å². The highest BCUT2D eigenvalue weighted by Crippen LogP contribution is 2.38. The van der Waals surface area contributed by atoms with Gasteiger partial charge in [-0.1, -0.05) is 31.9 Å². The normalized spacial score (nSPS) is 18.2. The van der Waals surface area contributed by atoms with Crippen LogP contribution in [-0.2, 0) is 0 Å². The van der Waals surface area contributed by atoms with E-state index in [-0.39, 0.29) is 18.0 Å². The second-order valence-electron chi connectivity index (χ2n) is 7.45. The maximum absolute atomic E-state index is 10.6. The molecule has 0 aromatic heterocycles. The zero-order chi connectivity index (χ0) is 22.7. The fourth-order valence-corrected chi connectivity index (χ4v) is 4.63. The summed E-state index contributed by atoms with van der Waals surface area (Å²) in [5.41, 5.74) is 3.71. The average molecular weight is 560 g/mol. The van der Waals surface area contributed by atoms with E-state index < -0.39 is 0 Å². The summed E-state index contributed by atoms with van der Waals surface area (Å²) in [4.78, 5) is 5.05. The molecular formula is C25H24Br2N2O3. The Hall–Kier alpha value is -2.35. The van der Waals surface area contributed by atoms with E-state index in [0.29, 0.717) is 13.0 Å². The number of aromatic hydroxyl groups is 1. The van der Waals surface area contributed by atoms with Gasteiger partial charge in [0.2, 0.25) is 0 Å². The Morgan fingerprint density at radius 2 is 1.69 bits per heavy atom. The molecule has 2 N–H and O–H groups in total. The molecule has 2 atom stereocenters. The van der Waals surface area contributed by atoms with Gasteiger partial charge in [0.05, 0.1) is 13.7 Å². The molecule has 32 heavy (non-hydrogen) atoms. The van der Waals surface area contributed by atoms with Crippen LogP contribution in [0.2, 0.25) is 0 Å². The van der Waals surface area contributed by atoms with Crippen molar-refractivity contribution >= 4 is 37.6 Å². The lowest BCUT2D eigenvalue weighted by atomic mass is 9.93. The van der Waals surface area contributed by atoms with Gasteiger partial charge in [-0.3, -0.25) is 10.3 Å². The average Bonchev–Trinajstić information content (AvgIpc) is 2.81. The number of hydrogen-bond donors (Lipinski definition) is 2. The molecule has 0 spiro atoms. The fourth-order valence-electron chi connectivity index (χ4n) is 3.87. The molecule has 4 rings (SSSR count). The van der Waals surface area contributed by atoms with Gasteiger partial charge in [0.1, 0.15) is 23.4 Å². The van der Waals surface area contributed by atoms with E-state index in [1.54, 1.807) is 13.2 Å². The Balaban J connectivity index is 1.78. The van der Waals surface area contributed by atoms with Crippen LogP contribution in [0, 0.1) is 0 Å². The molecular weight excluding hydrogens is 536 g/mol. The van der Waals surface area contributed by atoms with Crippen molar-refractivity contribution in [3.63, 3.8) is 0 Å². The molecule has 7 heteroatoms. The van der Waals surface area contributed by atoms with E-state index in [2.05, 4.69) is 37.2 Å². The lowest BCUT2D eigenvalue weighted by Gasteiger charge is -2.31. The minimum absolute atomic E-state index is 0.139. The standard InChI is InChI=1S/C25H24Br2N2O3/c1-3-32-18-8-4-15(5-9-18)21-14-22(19-12-16(26)6-10-23(19)30)29-25(28-21)20-13-17(27)7-11-24(20)31-2/h4-13,22,25,29-30H,3,14H2,1-2H3. The van der Waals surface area contributed by atoms with Gasteiger partial charge >= 0.3 is 0 Å². The lowest BCUT2D eigenvalue weighted by Crippen LogP contribution is -2.33. The number of nitrogens with one attached hydrogen (secondary N) is 1. The van der Waals surface area contributed by atoms with Crippen LogP contribution >= 0.6 is 31.9 Å². The first-order valence-corrected chi connectivity index (χ1v) is 11.9. The predicted molar refractivity (Wildman–Crippen MR) is 134 cm³/mol. The molecule has 1 aliphatic rings. The molecule has 2 unspecified atom stereocenters. The van der Waals surface area contributed by atoms with Gasteiger partial charge in [0.15, 0.2) is 0 Å². The minimum Gasteiger partial charge on any atom is -0.508 e. The smallest absolute Gasteiger partial charge is 0.130 e. The van der Waals surface area contributed by atoms with Crippen molar-refractivity contribution in [3.8, 4) is 17.2 Å². The minimum atomic E-state index is -0.346. The van der Waals surface area contributed by atoms with E-state index in [1.165, 1.54) is 0 Å². The SMILES string of the molecule is CCOc1ccc(C2=NC(c3cc(Br)ccc3OC)NC(c3cc(Br)ccc3O)C2)cc1. The molecule has 0 amide bonds. The number of hydrogen-bond acceptors (Lipinski definition) is 5. The highest BCUT2D eigenvalue weighted by atomic mass is 79.9. The highest BCUT2D eigenvalue weighted by molar-refractivity contribution is 9.10. The van der Waals surface area contributed by atoms with Crippen LogP contribution in [0.3, 0.4) is 0 Å². The van der Waals surface area contributed by atoms with Crippen molar-refractivity contribution in [2.24, 2.45) is 4.99 Å². The Morgan fingerprint density at radius 3 is 2.38 bits per heavy atom. The van der Waals surface area contributed by atoms with Crippen molar-refractivity contribution in [2.75, 3.05) is 13.7 Å². The summed E-state index contributed by atoms with van der Waals surface area (Å²) >= 11 is 7.09. The van der Waals surface area contributed by atoms with Crippen LogP contribution < -0.4 is 14.8 Å². The molecule has 0 radical (unpaired) electrons. The summed E-state index contributed by atoms with van der Waals surface area (Å²) < 4.78 is 13.1. The van der Waals surface area contributed by atoms with Crippen molar-refractivity contribution in [1.29, 1.82) is 0 Å². The van der Waals surface area contributed by atoms with Crippen molar-refractivity contribution in [3.05, 3.63) is 86.3 Å². The van der Waals surface area contributed by atoms with Crippen LogP contribution in [-0.4, -0.2) is 24.5 Å². The second kappa shape index (κ2) is 10.1. The zero-order valence-corrected chi connectivity index (χ0v) is 21.0. The quantitative estimate of drug-likeness (QED) is 0.359. The summed E-state index contributed by atoms with van der Waals surface area (Å²) in [7, 11) is 1.66. The number of phenolic OH excluding ortho intramolecular Hbond substituents is 1. The van der Waals surface area contributed by atoms with E-state index in [1.807, 2.05) is 61.5 Å². The number of rotatable bonds is 6. The van der Waals surface area contributed by atoms with Gasteiger partial charge in [-0.2, -0.15) is 0 Å². The van der Waals surface area contributed by atoms with E-state index >= 15 is 0 Å². The first kappa shape index (κ1) is 22.8. The van der Waals surface area contributed by atoms with Gasteiger partial charge in [0.25, 0.3) is 0 Å². The van der Waals surface area contributed by atoms with Gasteiger partial charge in [-0.05, 0) is 73.2 Å². The van der Waals surface area contributed by atoms with Crippen LogP contribution in [0.4, 0.5) is 0 Å². The Labute approximate surface area is 204 Å². The Bertz CT molecular complexity index is 1130. The predicted octanol–water partition coefficient (Wildman–Crippen LogP) is 6.55. The maximum Gasteiger partial charge on any atom is 0.130 e. The third-order valence-electron chi connectivity index (χ3n) is 5.39. The molecule has 0 bridgehead atoms. The summed E-state index contributed by atoms with van der Waals surface area (Å²) in [6.45, 7) is 2.59.